The van der Waals surface area contributed by atoms with Gasteiger partial charge in [0.15, 0.2) is 0 Å². The lowest BCUT2D eigenvalue weighted by molar-refractivity contribution is 0.246. The summed E-state index contributed by atoms with van der Waals surface area (Å²) in [4.78, 5) is 0. The fourth-order valence-electron chi connectivity index (χ4n) is 2.21. The van der Waals surface area contributed by atoms with Gasteiger partial charge >= 0.3 is 0 Å². The Morgan fingerprint density at radius 3 is 2.89 bits per heavy atom. The van der Waals surface area contributed by atoms with Gasteiger partial charge < -0.3 is 10.1 Å². The van der Waals surface area contributed by atoms with Crippen molar-refractivity contribution in [3.05, 3.63) is 58.9 Å². The number of ether oxygens (including phenoxy) is 1. The van der Waals surface area contributed by atoms with E-state index >= 15 is 0 Å². The molecule has 98 valence electrons. The number of halogens is 2. The van der Waals surface area contributed by atoms with Crippen molar-refractivity contribution in [1.29, 1.82) is 0 Å². The van der Waals surface area contributed by atoms with E-state index in [9.17, 15) is 4.39 Å². The monoisotopic (exact) mass is 277 g/mol. The summed E-state index contributed by atoms with van der Waals surface area (Å²) in [6, 6.07) is 12.6. The number of hydrogen-bond donors (Lipinski definition) is 1. The Morgan fingerprint density at radius 2 is 2.11 bits per heavy atom. The molecule has 0 saturated heterocycles. The van der Waals surface area contributed by atoms with Crippen LogP contribution in [0.1, 0.15) is 5.56 Å². The summed E-state index contributed by atoms with van der Waals surface area (Å²) >= 11 is 5.74. The minimum Gasteiger partial charge on any atom is -0.488 e. The van der Waals surface area contributed by atoms with Gasteiger partial charge in [-0.2, -0.15) is 0 Å². The molecular formula is C15H13ClFNO. The van der Waals surface area contributed by atoms with Gasteiger partial charge in [0.25, 0.3) is 0 Å². The molecule has 2 aromatic rings. The third-order valence-corrected chi connectivity index (χ3v) is 3.46. The lowest BCUT2D eigenvalue weighted by Crippen LogP contribution is -2.23. The van der Waals surface area contributed by atoms with Crippen LogP contribution in [0.15, 0.2) is 42.5 Å². The van der Waals surface area contributed by atoms with E-state index in [1.165, 1.54) is 11.6 Å². The van der Waals surface area contributed by atoms with Crippen LogP contribution in [-0.2, 0) is 6.42 Å². The summed E-state index contributed by atoms with van der Waals surface area (Å²) < 4.78 is 18.8. The highest BCUT2D eigenvalue weighted by Crippen LogP contribution is 2.28. The zero-order valence-electron chi connectivity index (χ0n) is 10.2. The van der Waals surface area contributed by atoms with E-state index in [0.717, 1.165) is 17.9 Å². The van der Waals surface area contributed by atoms with E-state index in [1.807, 2.05) is 18.2 Å². The molecule has 1 unspecified atom stereocenters. The van der Waals surface area contributed by atoms with Gasteiger partial charge in [-0.15, -0.1) is 0 Å². The number of benzene rings is 2. The van der Waals surface area contributed by atoms with Gasteiger partial charge in [-0.1, -0.05) is 29.8 Å². The molecule has 1 heterocycles. The first-order valence-electron chi connectivity index (χ1n) is 6.16. The largest absolute Gasteiger partial charge is 0.488 e. The highest BCUT2D eigenvalue weighted by Gasteiger charge is 2.21. The van der Waals surface area contributed by atoms with Crippen LogP contribution < -0.4 is 10.1 Å². The van der Waals surface area contributed by atoms with Crippen molar-refractivity contribution in [2.24, 2.45) is 0 Å². The van der Waals surface area contributed by atoms with E-state index in [2.05, 4.69) is 11.4 Å². The number of nitrogens with one attached hydrogen (secondary N) is 1. The molecule has 0 spiro atoms. The van der Waals surface area contributed by atoms with Gasteiger partial charge in [0, 0.05) is 12.1 Å². The highest BCUT2D eigenvalue weighted by atomic mass is 35.5. The summed E-state index contributed by atoms with van der Waals surface area (Å²) in [5, 5.41) is 3.34. The van der Waals surface area contributed by atoms with E-state index in [0.29, 0.717) is 6.54 Å². The Morgan fingerprint density at radius 1 is 1.26 bits per heavy atom. The second-order valence-corrected chi connectivity index (χ2v) is 4.97. The van der Waals surface area contributed by atoms with E-state index in [-0.39, 0.29) is 11.1 Å². The van der Waals surface area contributed by atoms with Gasteiger partial charge in [-0.25, -0.2) is 4.39 Å². The Hall–Kier alpha value is -1.74. The van der Waals surface area contributed by atoms with Crippen molar-refractivity contribution in [2.45, 2.75) is 12.5 Å². The second kappa shape index (κ2) is 5.10. The number of anilines is 1. The molecule has 0 bridgehead atoms. The fourth-order valence-corrected chi connectivity index (χ4v) is 2.39. The quantitative estimate of drug-likeness (QED) is 0.919. The predicted octanol–water partition coefficient (Wildman–Crippen LogP) is 3.89. The van der Waals surface area contributed by atoms with Crippen molar-refractivity contribution in [3.63, 3.8) is 0 Å². The minimum atomic E-state index is -0.406. The van der Waals surface area contributed by atoms with Gasteiger partial charge in [0.1, 0.15) is 17.7 Å². The molecule has 1 aliphatic rings. The molecule has 4 heteroatoms. The molecule has 19 heavy (non-hydrogen) atoms. The maximum atomic E-state index is 13.0. The number of hydrogen-bond acceptors (Lipinski definition) is 2. The van der Waals surface area contributed by atoms with Crippen LogP contribution in [0.4, 0.5) is 10.1 Å². The average Bonchev–Trinajstić information content (AvgIpc) is 2.83. The van der Waals surface area contributed by atoms with Gasteiger partial charge in [-0.05, 0) is 29.8 Å². The summed E-state index contributed by atoms with van der Waals surface area (Å²) in [5.74, 6) is 0.545. The summed E-state index contributed by atoms with van der Waals surface area (Å²) in [6.07, 6.45) is 0.985. The summed E-state index contributed by atoms with van der Waals surface area (Å²) in [7, 11) is 0. The van der Waals surface area contributed by atoms with Crippen molar-refractivity contribution < 1.29 is 9.13 Å². The molecule has 0 radical (unpaired) electrons. The first-order valence-corrected chi connectivity index (χ1v) is 6.53. The molecule has 0 saturated carbocycles. The number of para-hydroxylation sites is 1. The Bertz CT molecular complexity index is 577. The third kappa shape index (κ3) is 2.66. The van der Waals surface area contributed by atoms with Crippen LogP contribution in [0.3, 0.4) is 0 Å². The van der Waals surface area contributed by atoms with Crippen LogP contribution in [0.5, 0.6) is 5.75 Å². The van der Waals surface area contributed by atoms with Gasteiger partial charge in [0.2, 0.25) is 0 Å². The molecule has 2 nitrogen and oxygen atoms in total. The highest BCUT2D eigenvalue weighted by molar-refractivity contribution is 6.31. The first-order chi connectivity index (χ1) is 9.22. The zero-order valence-corrected chi connectivity index (χ0v) is 11.0. The maximum Gasteiger partial charge on any atom is 0.141 e. The smallest absolute Gasteiger partial charge is 0.141 e. The first kappa shape index (κ1) is 12.3. The molecule has 0 aromatic heterocycles. The Kier molecular flexibility index (Phi) is 3.30. The van der Waals surface area contributed by atoms with Crippen molar-refractivity contribution in [1.82, 2.24) is 0 Å². The Balaban J connectivity index is 1.61. The second-order valence-electron chi connectivity index (χ2n) is 4.56. The van der Waals surface area contributed by atoms with Crippen LogP contribution in [0.2, 0.25) is 5.02 Å². The van der Waals surface area contributed by atoms with Gasteiger partial charge in [-0.3, -0.25) is 0 Å². The van der Waals surface area contributed by atoms with E-state index < -0.39 is 5.82 Å². The Labute approximate surface area is 116 Å². The lowest BCUT2D eigenvalue weighted by Gasteiger charge is -2.13. The van der Waals surface area contributed by atoms with E-state index in [4.69, 9.17) is 16.3 Å². The number of rotatable bonds is 3. The minimum absolute atomic E-state index is 0.0984. The maximum absolute atomic E-state index is 13.0. The molecule has 1 N–H and O–H groups in total. The average molecular weight is 278 g/mol. The van der Waals surface area contributed by atoms with Crippen LogP contribution in [0, 0.1) is 5.82 Å². The molecule has 1 atom stereocenters. The molecule has 1 aliphatic heterocycles. The van der Waals surface area contributed by atoms with Crippen LogP contribution in [0.25, 0.3) is 0 Å². The van der Waals surface area contributed by atoms with Crippen LogP contribution in [-0.4, -0.2) is 12.6 Å². The third-order valence-electron chi connectivity index (χ3n) is 3.17. The van der Waals surface area contributed by atoms with E-state index in [1.54, 1.807) is 12.1 Å². The molecule has 0 aliphatic carbocycles. The summed E-state index contributed by atoms with van der Waals surface area (Å²) in [6.45, 7) is 0.663. The van der Waals surface area contributed by atoms with Crippen molar-refractivity contribution in [3.8, 4) is 5.75 Å². The molecule has 3 rings (SSSR count). The summed E-state index contributed by atoms with van der Waals surface area (Å²) in [5.41, 5.74) is 2.03. The number of fused-ring (bicyclic) bond motifs is 1. The van der Waals surface area contributed by atoms with Crippen LogP contribution >= 0.6 is 11.6 Å². The predicted molar refractivity (Wildman–Crippen MR) is 74.5 cm³/mol. The van der Waals surface area contributed by atoms with Gasteiger partial charge in [0.05, 0.1) is 11.6 Å². The normalized spacial score (nSPS) is 16.8. The topological polar surface area (TPSA) is 21.3 Å². The fraction of sp³-hybridized carbons (Fsp3) is 0.200. The van der Waals surface area contributed by atoms with Crippen molar-refractivity contribution >= 4 is 17.3 Å². The lowest BCUT2D eigenvalue weighted by atomic mass is 10.1. The standard InChI is InChI=1S/C15H13ClFNO/c16-13-8-11(5-6-14(13)17)18-9-12-7-10-3-1-2-4-15(10)19-12/h1-6,8,12,18H,7,9H2. The van der Waals surface area contributed by atoms with Crippen molar-refractivity contribution in [2.75, 3.05) is 11.9 Å². The molecular weight excluding hydrogens is 265 g/mol. The molecule has 2 aromatic carbocycles. The molecule has 0 amide bonds. The SMILES string of the molecule is Fc1ccc(NCC2Cc3ccccc3O2)cc1Cl. The molecule has 0 fully saturated rings. The zero-order chi connectivity index (χ0) is 13.2.